The van der Waals surface area contributed by atoms with Gasteiger partial charge in [-0.25, -0.2) is 0 Å². The molecule has 0 aromatic heterocycles. The highest BCUT2D eigenvalue weighted by Gasteiger charge is 2.25. The number of carbonyl (C=O) groups is 1. The van der Waals surface area contributed by atoms with Gasteiger partial charge in [0.2, 0.25) is 0 Å². The first-order valence-corrected chi connectivity index (χ1v) is 4.89. The molecule has 0 spiro atoms. The van der Waals surface area contributed by atoms with Gasteiger partial charge in [0, 0.05) is 6.92 Å². The molecule has 0 saturated heterocycles. The van der Waals surface area contributed by atoms with E-state index in [1.165, 1.54) is 6.92 Å². The minimum absolute atomic E-state index is 0.0324. The topological polar surface area (TPSA) is 26.3 Å². The summed E-state index contributed by atoms with van der Waals surface area (Å²) in [4.78, 5) is 8.91. The Morgan fingerprint density at radius 2 is 1.67 bits per heavy atom. The fourth-order valence-corrected chi connectivity index (χ4v) is 1.64. The first-order chi connectivity index (χ1) is 5.45. The first kappa shape index (κ1) is 12.6. The van der Waals surface area contributed by atoms with Crippen LogP contribution in [-0.4, -0.2) is 22.2 Å². The van der Waals surface area contributed by atoms with Gasteiger partial charge in [-0.2, -0.15) is 0 Å². The van der Waals surface area contributed by atoms with Crippen molar-refractivity contribution in [3.05, 3.63) is 0 Å². The normalized spacial score (nSPS) is 11.3. The Morgan fingerprint density at radius 1 is 1.25 bits per heavy atom. The van der Waals surface area contributed by atoms with Gasteiger partial charge >= 0.3 is 5.97 Å². The van der Waals surface area contributed by atoms with Crippen LogP contribution in [0.5, 0.6) is 0 Å². The number of hydrogen-bond acceptors (Lipinski definition) is 2. The molecule has 0 radical (unpaired) electrons. The van der Waals surface area contributed by atoms with E-state index < -0.39 is 21.6 Å². The van der Waals surface area contributed by atoms with Crippen LogP contribution in [0.1, 0.15) is 6.92 Å². The molecule has 0 amide bonds. The molecular formula is C6H8Cl4O2. The van der Waals surface area contributed by atoms with Gasteiger partial charge in [-0.1, -0.05) is 0 Å². The predicted octanol–water partition coefficient (Wildman–Crippen LogP) is 2.77. The molecule has 0 unspecified atom stereocenters. The zero-order chi connectivity index (χ0) is 9.72. The van der Waals surface area contributed by atoms with Crippen molar-refractivity contribution in [2.45, 2.75) is 16.6 Å². The number of ether oxygens (including phenoxy) is 1. The average Bonchev–Trinajstić information content (AvgIpc) is 1.84. The van der Waals surface area contributed by atoms with Crippen LogP contribution in [-0.2, 0) is 9.53 Å². The number of halogens is 4. The molecule has 0 aliphatic heterocycles. The third kappa shape index (κ3) is 5.31. The van der Waals surface area contributed by atoms with Crippen molar-refractivity contribution in [1.29, 1.82) is 0 Å². The van der Waals surface area contributed by atoms with E-state index in [0.29, 0.717) is 0 Å². The van der Waals surface area contributed by atoms with E-state index in [1.807, 2.05) is 0 Å². The number of esters is 1. The molecule has 0 rings (SSSR count). The fraction of sp³-hybridized carbons (Fsp3) is 0.833. The quantitative estimate of drug-likeness (QED) is 0.569. The Hall–Kier alpha value is 0.630. The summed E-state index contributed by atoms with van der Waals surface area (Å²) in [6, 6.07) is 0. The zero-order valence-electron chi connectivity index (χ0n) is 6.27. The molecule has 0 aromatic rings. The van der Waals surface area contributed by atoms with E-state index in [0.717, 1.165) is 0 Å². The lowest BCUT2D eigenvalue weighted by molar-refractivity contribution is -0.142. The van der Waals surface area contributed by atoms with Crippen LogP contribution in [0.4, 0.5) is 0 Å². The lowest BCUT2D eigenvalue weighted by Crippen LogP contribution is -2.24. The highest BCUT2D eigenvalue weighted by Crippen LogP contribution is 2.25. The van der Waals surface area contributed by atoms with Crippen LogP contribution >= 0.6 is 46.4 Å². The molecule has 72 valence electrons. The highest BCUT2D eigenvalue weighted by atomic mass is 35.5. The van der Waals surface area contributed by atoms with Crippen LogP contribution in [0.15, 0.2) is 0 Å². The van der Waals surface area contributed by atoms with Gasteiger partial charge in [0.1, 0.15) is 9.67 Å². The number of rotatable bonds is 4. The molecule has 0 N–H and O–H groups in total. The molecule has 6 heteroatoms. The third-order valence-corrected chi connectivity index (χ3v) is 2.42. The molecule has 0 aliphatic carbocycles. The van der Waals surface area contributed by atoms with Gasteiger partial charge in [0.15, 0.2) is 0 Å². The van der Waals surface area contributed by atoms with Crippen LogP contribution in [0.2, 0.25) is 0 Å². The maximum absolute atomic E-state index is 10.4. The van der Waals surface area contributed by atoms with Crippen molar-refractivity contribution in [2.75, 3.05) is 6.61 Å². The summed E-state index contributed by atoms with van der Waals surface area (Å²) in [5.74, 6) is -0.872. The van der Waals surface area contributed by atoms with E-state index >= 15 is 0 Å². The summed E-state index contributed by atoms with van der Waals surface area (Å²) in [5.41, 5.74) is 0. The fourth-order valence-electron chi connectivity index (χ4n) is 0.469. The SMILES string of the molecule is CC(=O)OCC(C(Cl)Cl)C(Cl)Cl. The molecular weight excluding hydrogens is 246 g/mol. The minimum atomic E-state index is -0.746. The largest absolute Gasteiger partial charge is 0.465 e. The molecule has 0 heterocycles. The average molecular weight is 254 g/mol. The second-order valence-electron chi connectivity index (χ2n) is 2.14. The highest BCUT2D eigenvalue weighted by molar-refractivity contribution is 6.48. The molecule has 0 bridgehead atoms. The summed E-state index contributed by atoms with van der Waals surface area (Å²) >= 11 is 22.1. The van der Waals surface area contributed by atoms with Crippen molar-refractivity contribution in [3.8, 4) is 0 Å². The maximum atomic E-state index is 10.4. The lowest BCUT2D eigenvalue weighted by Gasteiger charge is -2.17. The van der Waals surface area contributed by atoms with E-state index in [9.17, 15) is 4.79 Å². The monoisotopic (exact) mass is 252 g/mol. The molecule has 2 nitrogen and oxygen atoms in total. The Labute approximate surface area is 91.1 Å². The van der Waals surface area contributed by atoms with Crippen LogP contribution < -0.4 is 0 Å². The molecule has 0 aromatic carbocycles. The van der Waals surface area contributed by atoms with Crippen LogP contribution in [0.3, 0.4) is 0 Å². The number of carbonyl (C=O) groups excluding carboxylic acids is 1. The van der Waals surface area contributed by atoms with Crippen LogP contribution in [0.25, 0.3) is 0 Å². The van der Waals surface area contributed by atoms with Gasteiger partial charge in [-0.05, 0) is 0 Å². The van der Waals surface area contributed by atoms with Crippen molar-refractivity contribution in [3.63, 3.8) is 0 Å². The van der Waals surface area contributed by atoms with E-state index in [4.69, 9.17) is 46.4 Å². The Bertz CT molecular complexity index is 140. The molecule has 12 heavy (non-hydrogen) atoms. The van der Waals surface area contributed by atoms with Gasteiger partial charge in [0.05, 0.1) is 12.5 Å². The van der Waals surface area contributed by atoms with E-state index in [2.05, 4.69) is 4.74 Å². The molecule has 0 atom stereocenters. The smallest absolute Gasteiger partial charge is 0.302 e. The molecule has 0 aliphatic rings. The second-order valence-corrected chi connectivity index (χ2v) is 4.46. The van der Waals surface area contributed by atoms with Gasteiger partial charge in [-0.15, -0.1) is 46.4 Å². The Balaban J connectivity index is 3.88. The Morgan fingerprint density at radius 3 is 1.92 bits per heavy atom. The van der Waals surface area contributed by atoms with Crippen molar-refractivity contribution in [2.24, 2.45) is 5.92 Å². The molecule has 0 fully saturated rings. The lowest BCUT2D eigenvalue weighted by atomic mass is 10.2. The summed E-state index contributed by atoms with van der Waals surface area (Å²) in [7, 11) is 0. The standard InChI is InChI=1S/C6H8Cl4O2/c1-3(11)12-2-4(5(7)8)6(9)10/h4-6H,2H2,1H3. The van der Waals surface area contributed by atoms with Crippen LogP contribution in [0, 0.1) is 5.92 Å². The van der Waals surface area contributed by atoms with Gasteiger partial charge < -0.3 is 4.74 Å². The summed E-state index contributed by atoms with van der Waals surface area (Å²) < 4.78 is 4.65. The maximum Gasteiger partial charge on any atom is 0.302 e. The number of alkyl halides is 4. The van der Waals surface area contributed by atoms with Crippen molar-refractivity contribution in [1.82, 2.24) is 0 Å². The van der Waals surface area contributed by atoms with Gasteiger partial charge in [-0.3, -0.25) is 4.79 Å². The van der Waals surface area contributed by atoms with Crippen molar-refractivity contribution >= 4 is 52.4 Å². The second kappa shape index (κ2) is 6.14. The number of hydrogen-bond donors (Lipinski definition) is 0. The first-order valence-electron chi connectivity index (χ1n) is 3.14. The summed E-state index contributed by atoms with van der Waals surface area (Å²) in [5, 5.41) is 0. The summed E-state index contributed by atoms with van der Waals surface area (Å²) in [6.45, 7) is 1.32. The van der Waals surface area contributed by atoms with E-state index in [1.54, 1.807) is 0 Å². The Kier molecular flexibility index (Phi) is 6.46. The van der Waals surface area contributed by atoms with Gasteiger partial charge in [0.25, 0.3) is 0 Å². The third-order valence-electron chi connectivity index (χ3n) is 1.13. The van der Waals surface area contributed by atoms with Crippen molar-refractivity contribution < 1.29 is 9.53 Å². The molecule has 0 saturated carbocycles. The zero-order valence-corrected chi connectivity index (χ0v) is 9.29. The predicted molar refractivity (Wildman–Crippen MR) is 51.1 cm³/mol. The minimum Gasteiger partial charge on any atom is -0.465 e. The summed E-state index contributed by atoms with van der Waals surface area (Å²) in [6.07, 6.45) is 0. The van der Waals surface area contributed by atoms with E-state index in [-0.39, 0.29) is 6.61 Å².